The molecule has 2 heterocycles. The van der Waals surface area contributed by atoms with Crippen LogP contribution < -0.4 is 10.6 Å². The Balaban J connectivity index is 1.47. The number of nitrogens with one attached hydrogen (secondary N) is 2. The van der Waals surface area contributed by atoms with Crippen LogP contribution in [0, 0.1) is 5.92 Å². The number of benzene rings is 1. The Morgan fingerprint density at radius 2 is 2.30 bits per heavy atom. The molecular formula is C16H22N2O2. The lowest BCUT2D eigenvalue weighted by atomic mass is 9.97. The molecule has 108 valence electrons. The molecule has 2 atom stereocenters. The summed E-state index contributed by atoms with van der Waals surface area (Å²) in [5, 5.41) is 6.42. The van der Waals surface area contributed by atoms with Crippen molar-refractivity contribution >= 4 is 11.6 Å². The van der Waals surface area contributed by atoms with E-state index in [0.717, 1.165) is 39.1 Å². The van der Waals surface area contributed by atoms with E-state index in [1.54, 1.807) is 0 Å². The third kappa shape index (κ3) is 3.12. The first-order chi connectivity index (χ1) is 9.83. The number of fused-ring (bicyclic) bond motifs is 1. The number of ether oxygens (including phenoxy) is 1. The monoisotopic (exact) mass is 274 g/mol. The number of rotatable bonds is 4. The van der Waals surface area contributed by atoms with Crippen molar-refractivity contribution in [2.24, 2.45) is 5.92 Å². The first kappa shape index (κ1) is 13.4. The standard InChI is InChI=1S/C16H22N2O2/c19-16(18-9-12-4-3-7-20-11-12)8-13-10-17-15-6-2-1-5-14(13)15/h1-2,5-6,12-13,17H,3-4,7-11H2,(H,18,19). The molecule has 2 unspecified atom stereocenters. The van der Waals surface area contributed by atoms with Gasteiger partial charge in [0.2, 0.25) is 5.91 Å². The number of carbonyl (C=O) groups is 1. The van der Waals surface area contributed by atoms with Crippen LogP contribution in [0.15, 0.2) is 24.3 Å². The smallest absolute Gasteiger partial charge is 0.220 e. The zero-order valence-electron chi connectivity index (χ0n) is 11.7. The van der Waals surface area contributed by atoms with E-state index in [2.05, 4.69) is 22.8 Å². The van der Waals surface area contributed by atoms with Gasteiger partial charge in [0.25, 0.3) is 0 Å². The van der Waals surface area contributed by atoms with Gasteiger partial charge >= 0.3 is 0 Å². The van der Waals surface area contributed by atoms with Gasteiger partial charge in [-0.05, 0) is 30.4 Å². The van der Waals surface area contributed by atoms with Gasteiger partial charge in [0, 0.05) is 37.7 Å². The van der Waals surface area contributed by atoms with Crippen LogP contribution in [0.2, 0.25) is 0 Å². The maximum Gasteiger partial charge on any atom is 0.220 e. The molecule has 1 aromatic carbocycles. The second-order valence-electron chi connectivity index (χ2n) is 5.76. The van der Waals surface area contributed by atoms with E-state index in [9.17, 15) is 4.79 Å². The summed E-state index contributed by atoms with van der Waals surface area (Å²) in [4.78, 5) is 12.1. The van der Waals surface area contributed by atoms with E-state index < -0.39 is 0 Å². The summed E-state index contributed by atoms with van der Waals surface area (Å²) in [5.74, 6) is 0.939. The zero-order valence-corrected chi connectivity index (χ0v) is 11.7. The Morgan fingerprint density at radius 3 is 3.15 bits per heavy atom. The number of hydrogen-bond acceptors (Lipinski definition) is 3. The molecule has 2 N–H and O–H groups in total. The van der Waals surface area contributed by atoms with Gasteiger partial charge in [-0.1, -0.05) is 18.2 Å². The van der Waals surface area contributed by atoms with Crippen molar-refractivity contribution in [3.63, 3.8) is 0 Å². The molecule has 0 spiro atoms. The van der Waals surface area contributed by atoms with Gasteiger partial charge in [0.1, 0.15) is 0 Å². The largest absolute Gasteiger partial charge is 0.384 e. The normalized spacial score (nSPS) is 24.8. The highest BCUT2D eigenvalue weighted by Crippen LogP contribution is 2.33. The minimum atomic E-state index is 0.152. The van der Waals surface area contributed by atoms with Crippen LogP contribution in [-0.2, 0) is 9.53 Å². The number of anilines is 1. The maximum absolute atomic E-state index is 12.1. The number of para-hydroxylation sites is 1. The Kier molecular flexibility index (Phi) is 4.21. The van der Waals surface area contributed by atoms with Gasteiger partial charge in [-0.15, -0.1) is 0 Å². The first-order valence-corrected chi connectivity index (χ1v) is 7.50. The SMILES string of the molecule is O=C(CC1CNc2ccccc21)NCC1CCCOC1. The van der Waals surface area contributed by atoms with Crippen LogP contribution in [0.25, 0.3) is 0 Å². The molecule has 4 nitrogen and oxygen atoms in total. The molecule has 0 aliphatic carbocycles. The second kappa shape index (κ2) is 6.27. The highest BCUT2D eigenvalue weighted by Gasteiger charge is 2.24. The lowest BCUT2D eigenvalue weighted by molar-refractivity contribution is -0.121. The van der Waals surface area contributed by atoms with Crippen LogP contribution in [0.5, 0.6) is 0 Å². The predicted octanol–water partition coefficient (Wildman–Crippen LogP) is 2.13. The van der Waals surface area contributed by atoms with Crippen LogP contribution >= 0.6 is 0 Å². The van der Waals surface area contributed by atoms with Crippen molar-refractivity contribution in [2.45, 2.75) is 25.2 Å². The summed E-state index contributed by atoms with van der Waals surface area (Å²) < 4.78 is 5.43. The van der Waals surface area contributed by atoms with Crippen molar-refractivity contribution in [3.05, 3.63) is 29.8 Å². The quantitative estimate of drug-likeness (QED) is 0.884. The fourth-order valence-electron chi connectivity index (χ4n) is 3.06. The van der Waals surface area contributed by atoms with Crippen LogP contribution in [0.1, 0.15) is 30.7 Å². The summed E-state index contributed by atoms with van der Waals surface area (Å²) in [5.41, 5.74) is 2.44. The third-order valence-corrected chi connectivity index (χ3v) is 4.21. The highest BCUT2D eigenvalue weighted by atomic mass is 16.5. The van der Waals surface area contributed by atoms with E-state index >= 15 is 0 Å². The summed E-state index contributed by atoms with van der Waals surface area (Å²) in [7, 11) is 0. The summed E-state index contributed by atoms with van der Waals surface area (Å²) in [6, 6.07) is 8.25. The number of amides is 1. The molecule has 0 bridgehead atoms. The molecule has 0 saturated carbocycles. The molecule has 3 rings (SSSR count). The Morgan fingerprint density at radius 1 is 1.40 bits per heavy atom. The molecule has 4 heteroatoms. The van der Waals surface area contributed by atoms with E-state index in [1.165, 1.54) is 11.3 Å². The van der Waals surface area contributed by atoms with E-state index in [4.69, 9.17) is 4.74 Å². The van der Waals surface area contributed by atoms with Gasteiger partial charge in [-0.25, -0.2) is 0 Å². The van der Waals surface area contributed by atoms with Crippen molar-refractivity contribution in [2.75, 3.05) is 31.6 Å². The molecule has 2 aliphatic heterocycles. The van der Waals surface area contributed by atoms with E-state index in [1.807, 2.05) is 12.1 Å². The lowest BCUT2D eigenvalue weighted by Gasteiger charge is -2.22. The lowest BCUT2D eigenvalue weighted by Crippen LogP contribution is -2.34. The number of hydrogen-bond donors (Lipinski definition) is 2. The van der Waals surface area contributed by atoms with Crippen LogP contribution in [0.4, 0.5) is 5.69 Å². The van der Waals surface area contributed by atoms with Gasteiger partial charge in [0.05, 0.1) is 6.61 Å². The van der Waals surface area contributed by atoms with Gasteiger partial charge in [-0.2, -0.15) is 0 Å². The molecule has 0 radical (unpaired) electrons. The Labute approximate surface area is 119 Å². The summed E-state index contributed by atoms with van der Waals surface area (Å²) >= 11 is 0. The average Bonchev–Trinajstić information content (AvgIpc) is 2.90. The van der Waals surface area contributed by atoms with Gasteiger partial charge in [-0.3, -0.25) is 4.79 Å². The molecule has 2 aliphatic rings. The molecule has 20 heavy (non-hydrogen) atoms. The van der Waals surface area contributed by atoms with Gasteiger partial charge < -0.3 is 15.4 Å². The molecule has 1 amide bonds. The summed E-state index contributed by atoms with van der Waals surface area (Å²) in [6.45, 7) is 3.27. The fraction of sp³-hybridized carbons (Fsp3) is 0.562. The van der Waals surface area contributed by atoms with Crippen molar-refractivity contribution < 1.29 is 9.53 Å². The van der Waals surface area contributed by atoms with Gasteiger partial charge in [0.15, 0.2) is 0 Å². The highest BCUT2D eigenvalue weighted by molar-refractivity contribution is 5.78. The molecule has 1 aromatic rings. The third-order valence-electron chi connectivity index (χ3n) is 4.21. The maximum atomic E-state index is 12.1. The minimum absolute atomic E-state index is 0.152. The van der Waals surface area contributed by atoms with E-state index in [0.29, 0.717) is 18.3 Å². The Hall–Kier alpha value is -1.55. The fourth-order valence-corrected chi connectivity index (χ4v) is 3.06. The molecular weight excluding hydrogens is 252 g/mol. The topological polar surface area (TPSA) is 50.4 Å². The Bertz CT molecular complexity index is 469. The molecule has 1 saturated heterocycles. The summed E-state index contributed by atoms with van der Waals surface area (Å²) in [6.07, 6.45) is 2.84. The van der Waals surface area contributed by atoms with Crippen molar-refractivity contribution in [1.82, 2.24) is 5.32 Å². The zero-order chi connectivity index (χ0) is 13.8. The van der Waals surface area contributed by atoms with Crippen molar-refractivity contribution in [1.29, 1.82) is 0 Å². The minimum Gasteiger partial charge on any atom is -0.384 e. The molecule has 1 fully saturated rings. The first-order valence-electron chi connectivity index (χ1n) is 7.50. The van der Waals surface area contributed by atoms with Crippen molar-refractivity contribution in [3.8, 4) is 0 Å². The van der Waals surface area contributed by atoms with Crippen LogP contribution in [0.3, 0.4) is 0 Å². The molecule has 0 aromatic heterocycles. The predicted molar refractivity (Wildman–Crippen MR) is 78.8 cm³/mol. The average molecular weight is 274 g/mol. The van der Waals surface area contributed by atoms with Crippen LogP contribution in [-0.4, -0.2) is 32.2 Å². The second-order valence-corrected chi connectivity index (χ2v) is 5.76. The van der Waals surface area contributed by atoms with E-state index in [-0.39, 0.29) is 5.91 Å². The number of carbonyl (C=O) groups excluding carboxylic acids is 1.